The van der Waals surface area contributed by atoms with Crippen LogP contribution in [0.2, 0.25) is 5.02 Å². The average Bonchev–Trinajstić information content (AvgIpc) is 2.63. The zero-order chi connectivity index (χ0) is 20.8. The molecule has 152 valence electrons. The third kappa shape index (κ3) is 5.98. The first-order valence-electron chi connectivity index (χ1n) is 9.79. The van der Waals surface area contributed by atoms with Gasteiger partial charge >= 0.3 is 5.97 Å². The summed E-state index contributed by atoms with van der Waals surface area (Å²) in [7, 11) is 0. The monoisotopic (exact) mass is 402 g/mol. The molecule has 2 atom stereocenters. The number of carbonyl (C=O) groups is 1. The predicted molar refractivity (Wildman–Crippen MR) is 117 cm³/mol. The quantitative estimate of drug-likeness (QED) is 0.497. The van der Waals surface area contributed by atoms with Crippen molar-refractivity contribution in [2.24, 2.45) is 0 Å². The van der Waals surface area contributed by atoms with Crippen LogP contribution in [-0.2, 0) is 11.3 Å². The van der Waals surface area contributed by atoms with Crippen LogP contribution >= 0.6 is 11.6 Å². The van der Waals surface area contributed by atoms with Gasteiger partial charge < -0.3 is 15.7 Å². The largest absolute Gasteiger partial charge is 0.481 e. The van der Waals surface area contributed by atoms with Crippen LogP contribution in [-0.4, -0.2) is 17.1 Å². The van der Waals surface area contributed by atoms with Gasteiger partial charge in [-0.1, -0.05) is 36.7 Å². The fourth-order valence-electron chi connectivity index (χ4n) is 3.37. The molecule has 0 aliphatic rings. The Kier molecular flexibility index (Phi) is 7.90. The molecule has 0 saturated carbocycles. The van der Waals surface area contributed by atoms with E-state index in [9.17, 15) is 4.79 Å². The van der Waals surface area contributed by atoms with E-state index in [-0.39, 0.29) is 18.5 Å². The summed E-state index contributed by atoms with van der Waals surface area (Å²) in [5.41, 5.74) is 6.84. The molecule has 0 aliphatic carbocycles. The van der Waals surface area contributed by atoms with E-state index in [1.807, 2.05) is 20.8 Å². The third-order valence-electron chi connectivity index (χ3n) is 5.08. The van der Waals surface area contributed by atoms with Crippen LogP contribution in [0.5, 0.6) is 0 Å². The molecule has 0 radical (unpaired) electrons. The highest BCUT2D eigenvalue weighted by atomic mass is 35.5. The number of hydrogen-bond donors (Lipinski definition) is 3. The molecule has 0 spiro atoms. The van der Waals surface area contributed by atoms with E-state index in [4.69, 9.17) is 16.7 Å². The number of aryl methyl sites for hydroxylation is 3. The Bertz CT molecular complexity index is 812. The van der Waals surface area contributed by atoms with Crippen molar-refractivity contribution in [1.29, 1.82) is 0 Å². The van der Waals surface area contributed by atoms with Crippen molar-refractivity contribution in [1.82, 2.24) is 5.32 Å². The Morgan fingerprint density at radius 3 is 2.32 bits per heavy atom. The molecular formula is C23H31ClN2O2. The summed E-state index contributed by atoms with van der Waals surface area (Å²) in [6.45, 7) is 10.9. The number of aliphatic carboxylic acids is 1. The first-order chi connectivity index (χ1) is 13.2. The first kappa shape index (κ1) is 22.3. The predicted octanol–water partition coefficient (Wildman–Crippen LogP) is 5.78. The van der Waals surface area contributed by atoms with E-state index in [2.05, 4.69) is 54.8 Å². The van der Waals surface area contributed by atoms with Crippen molar-refractivity contribution in [3.63, 3.8) is 0 Å². The molecule has 3 N–H and O–H groups in total. The number of anilines is 1. The number of rotatable bonds is 9. The van der Waals surface area contributed by atoms with Gasteiger partial charge in [0.25, 0.3) is 0 Å². The summed E-state index contributed by atoms with van der Waals surface area (Å²) >= 11 is 6.32. The Morgan fingerprint density at radius 1 is 1.11 bits per heavy atom. The molecule has 0 heterocycles. The molecule has 4 nitrogen and oxygen atoms in total. The molecule has 2 aromatic rings. The van der Waals surface area contributed by atoms with Gasteiger partial charge in [-0.15, -0.1) is 0 Å². The SMILES string of the molecule is CC[C@@H](Nc1ccc(C)c(CN[C@H](C)CC(=O)O)c1)c1cc(C)c(Cl)c(C)c1. The summed E-state index contributed by atoms with van der Waals surface area (Å²) < 4.78 is 0. The molecular weight excluding hydrogens is 372 g/mol. The Morgan fingerprint density at radius 2 is 1.75 bits per heavy atom. The molecule has 0 aliphatic heterocycles. The van der Waals surface area contributed by atoms with Gasteiger partial charge in [0.05, 0.1) is 12.5 Å². The number of hydrogen-bond acceptors (Lipinski definition) is 3. The van der Waals surface area contributed by atoms with Crippen LogP contribution in [0, 0.1) is 20.8 Å². The number of nitrogens with one attached hydrogen (secondary N) is 2. The van der Waals surface area contributed by atoms with Crippen molar-refractivity contribution >= 4 is 23.3 Å². The maximum Gasteiger partial charge on any atom is 0.304 e. The van der Waals surface area contributed by atoms with Crippen LogP contribution in [0.15, 0.2) is 30.3 Å². The molecule has 0 unspecified atom stereocenters. The Labute approximate surface area is 173 Å². The Hall–Kier alpha value is -2.04. The van der Waals surface area contributed by atoms with Gasteiger partial charge in [-0.3, -0.25) is 4.79 Å². The lowest BCUT2D eigenvalue weighted by molar-refractivity contribution is -0.137. The topological polar surface area (TPSA) is 61.4 Å². The van der Waals surface area contributed by atoms with Gasteiger partial charge in [0.15, 0.2) is 0 Å². The highest BCUT2D eigenvalue weighted by Gasteiger charge is 2.13. The smallest absolute Gasteiger partial charge is 0.304 e. The lowest BCUT2D eigenvalue weighted by Gasteiger charge is -2.22. The number of carboxylic acids is 1. The fourth-order valence-corrected chi connectivity index (χ4v) is 3.48. The minimum atomic E-state index is -0.786. The van der Waals surface area contributed by atoms with Gasteiger partial charge in [-0.05, 0) is 74.1 Å². The zero-order valence-electron chi connectivity index (χ0n) is 17.4. The summed E-state index contributed by atoms with van der Waals surface area (Å²) in [6.07, 6.45) is 1.07. The summed E-state index contributed by atoms with van der Waals surface area (Å²) in [5, 5.41) is 16.7. The normalized spacial score (nSPS) is 13.2. The summed E-state index contributed by atoms with van der Waals surface area (Å²) in [4.78, 5) is 10.8. The van der Waals surface area contributed by atoms with Crippen LogP contribution in [0.1, 0.15) is 60.5 Å². The lowest BCUT2D eigenvalue weighted by atomic mass is 9.98. The van der Waals surface area contributed by atoms with Gasteiger partial charge in [-0.25, -0.2) is 0 Å². The average molecular weight is 403 g/mol. The molecule has 0 saturated heterocycles. The second kappa shape index (κ2) is 9.94. The second-order valence-electron chi connectivity index (χ2n) is 7.59. The summed E-state index contributed by atoms with van der Waals surface area (Å²) in [6, 6.07) is 10.8. The molecule has 0 fully saturated rings. The zero-order valence-corrected chi connectivity index (χ0v) is 18.2. The van der Waals surface area contributed by atoms with E-state index in [1.54, 1.807) is 0 Å². The maximum absolute atomic E-state index is 10.8. The first-order valence-corrected chi connectivity index (χ1v) is 10.2. The van der Waals surface area contributed by atoms with Crippen molar-refractivity contribution in [3.8, 4) is 0 Å². The van der Waals surface area contributed by atoms with E-state index in [1.165, 1.54) is 16.7 Å². The van der Waals surface area contributed by atoms with Gasteiger partial charge in [0.1, 0.15) is 0 Å². The lowest BCUT2D eigenvalue weighted by Crippen LogP contribution is -2.28. The highest BCUT2D eigenvalue weighted by molar-refractivity contribution is 6.32. The maximum atomic E-state index is 10.8. The molecule has 0 amide bonds. The van der Waals surface area contributed by atoms with Crippen LogP contribution < -0.4 is 10.6 Å². The standard InChI is InChI=1S/C23H31ClN2O2/c1-6-21(18-9-15(3)23(24)16(4)10-18)26-20-8-7-14(2)19(12-20)13-25-17(5)11-22(27)28/h7-10,12,17,21,25-26H,6,11,13H2,1-5H3,(H,27,28)/t17-,21-/m1/s1. The molecule has 5 heteroatoms. The molecule has 2 rings (SSSR count). The third-order valence-corrected chi connectivity index (χ3v) is 5.68. The second-order valence-corrected chi connectivity index (χ2v) is 7.97. The molecule has 2 aromatic carbocycles. The molecule has 28 heavy (non-hydrogen) atoms. The van der Waals surface area contributed by atoms with Gasteiger partial charge in [0.2, 0.25) is 0 Å². The molecule has 0 bridgehead atoms. The number of halogens is 1. The number of carboxylic acid groups (broad SMARTS) is 1. The van der Waals surface area contributed by atoms with Crippen molar-refractivity contribution in [3.05, 3.63) is 63.2 Å². The minimum Gasteiger partial charge on any atom is -0.481 e. The van der Waals surface area contributed by atoms with Gasteiger partial charge in [-0.2, -0.15) is 0 Å². The summed E-state index contributed by atoms with van der Waals surface area (Å²) in [5.74, 6) is -0.786. The highest BCUT2D eigenvalue weighted by Crippen LogP contribution is 2.29. The van der Waals surface area contributed by atoms with E-state index >= 15 is 0 Å². The van der Waals surface area contributed by atoms with Crippen molar-refractivity contribution < 1.29 is 9.90 Å². The fraction of sp³-hybridized carbons (Fsp3) is 0.435. The van der Waals surface area contributed by atoms with Crippen LogP contribution in [0.25, 0.3) is 0 Å². The van der Waals surface area contributed by atoms with E-state index in [0.717, 1.165) is 28.3 Å². The van der Waals surface area contributed by atoms with Crippen molar-refractivity contribution in [2.75, 3.05) is 5.32 Å². The van der Waals surface area contributed by atoms with Crippen molar-refractivity contribution in [2.45, 2.75) is 66.1 Å². The van der Waals surface area contributed by atoms with Crippen LogP contribution in [0.3, 0.4) is 0 Å². The molecule has 0 aromatic heterocycles. The van der Waals surface area contributed by atoms with Crippen LogP contribution in [0.4, 0.5) is 5.69 Å². The van der Waals surface area contributed by atoms with E-state index < -0.39 is 5.97 Å². The van der Waals surface area contributed by atoms with Gasteiger partial charge in [0, 0.05) is 23.3 Å². The number of benzene rings is 2. The minimum absolute atomic E-state index is 0.0723. The van der Waals surface area contributed by atoms with E-state index in [0.29, 0.717) is 6.54 Å². The Balaban J connectivity index is 2.15.